The highest BCUT2D eigenvalue weighted by atomic mass is 16.5. The van der Waals surface area contributed by atoms with E-state index in [0.29, 0.717) is 22.9 Å². The summed E-state index contributed by atoms with van der Waals surface area (Å²) in [6.07, 6.45) is 3.30. The average molecular weight is 372 g/mol. The summed E-state index contributed by atoms with van der Waals surface area (Å²) in [5, 5.41) is 3.29. The minimum atomic E-state index is -0.519. The number of methoxy groups -OCH3 is 3. The minimum absolute atomic E-state index is 0.269. The second-order valence-electron chi connectivity index (χ2n) is 5.52. The summed E-state index contributed by atoms with van der Waals surface area (Å²) in [5.74, 6) is 0.999. The molecule has 27 heavy (non-hydrogen) atoms. The van der Waals surface area contributed by atoms with Crippen LogP contribution < -0.4 is 19.5 Å². The Hall–Kier alpha value is -3.22. The zero-order chi connectivity index (χ0) is 19.8. The number of benzene rings is 1. The van der Waals surface area contributed by atoms with E-state index in [1.54, 1.807) is 57.8 Å². The van der Waals surface area contributed by atoms with Gasteiger partial charge in [0.25, 0.3) is 0 Å². The van der Waals surface area contributed by atoms with Crippen LogP contribution in [-0.4, -0.2) is 38.9 Å². The topological polar surface area (TPSA) is 78.9 Å². The summed E-state index contributed by atoms with van der Waals surface area (Å²) in [5.41, 5.74) is 1.75. The van der Waals surface area contributed by atoms with E-state index < -0.39 is 12.0 Å². The van der Waals surface area contributed by atoms with Crippen LogP contribution in [0.1, 0.15) is 18.5 Å². The standard InChI is InChI=1S/C20H24N2O5/c1-6-27-20(23)13(2)18(14-7-9-21-10-8-14)22-15-11-16(24-3)19(26-5)17(12-15)25-4/h7-12,18,22H,2,6H2,1,3-5H3/t18-/m1/s1. The van der Waals surface area contributed by atoms with E-state index in [-0.39, 0.29) is 12.2 Å². The number of rotatable bonds is 9. The molecule has 2 rings (SSSR count). The molecular weight excluding hydrogens is 348 g/mol. The maximum Gasteiger partial charge on any atom is 0.335 e. The lowest BCUT2D eigenvalue weighted by Gasteiger charge is -2.23. The van der Waals surface area contributed by atoms with Gasteiger partial charge in [0.1, 0.15) is 0 Å². The van der Waals surface area contributed by atoms with E-state index >= 15 is 0 Å². The Labute approximate surface area is 158 Å². The molecule has 0 bridgehead atoms. The number of anilines is 1. The van der Waals surface area contributed by atoms with Gasteiger partial charge in [-0.3, -0.25) is 4.98 Å². The van der Waals surface area contributed by atoms with Crippen molar-refractivity contribution in [3.8, 4) is 17.2 Å². The number of nitrogens with zero attached hydrogens (tertiary/aromatic N) is 1. The van der Waals surface area contributed by atoms with Crippen molar-refractivity contribution < 1.29 is 23.7 Å². The van der Waals surface area contributed by atoms with Crippen LogP contribution in [0.15, 0.2) is 48.8 Å². The molecule has 1 heterocycles. The molecule has 1 atom stereocenters. The summed E-state index contributed by atoms with van der Waals surface area (Å²) in [4.78, 5) is 16.3. The predicted octanol–water partition coefficient (Wildman–Crippen LogP) is 3.38. The van der Waals surface area contributed by atoms with Gasteiger partial charge < -0.3 is 24.3 Å². The largest absolute Gasteiger partial charge is 0.493 e. The Bertz CT molecular complexity index is 767. The van der Waals surface area contributed by atoms with E-state index in [1.165, 1.54) is 7.11 Å². The summed E-state index contributed by atoms with van der Waals surface area (Å²) >= 11 is 0. The fraction of sp³-hybridized carbons (Fsp3) is 0.300. The predicted molar refractivity (Wildman–Crippen MR) is 102 cm³/mol. The van der Waals surface area contributed by atoms with Gasteiger partial charge in [0, 0.05) is 30.2 Å². The molecule has 0 spiro atoms. The molecule has 0 aliphatic heterocycles. The van der Waals surface area contributed by atoms with Crippen LogP contribution in [0, 0.1) is 0 Å². The molecule has 1 N–H and O–H groups in total. The Balaban J connectivity index is 2.43. The smallest absolute Gasteiger partial charge is 0.335 e. The second kappa shape index (κ2) is 9.47. The number of esters is 1. The van der Waals surface area contributed by atoms with E-state index in [2.05, 4.69) is 16.9 Å². The number of hydrogen-bond acceptors (Lipinski definition) is 7. The van der Waals surface area contributed by atoms with Crippen molar-refractivity contribution in [2.75, 3.05) is 33.3 Å². The van der Waals surface area contributed by atoms with Gasteiger partial charge in [-0.05, 0) is 24.6 Å². The monoisotopic (exact) mass is 372 g/mol. The van der Waals surface area contributed by atoms with E-state index in [0.717, 1.165) is 5.56 Å². The molecular formula is C20H24N2O5. The molecule has 1 aromatic heterocycles. The first-order chi connectivity index (χ1) is 13.0. The SMILES string of the molecule is C=C(C(=O)OCC)[C@@H](Nc1cc(OC)c(OC)c(OC)c1)c1ccncc1. The summed E-state index contributed by atoms with van der Waals surface area (Å²) < 4.78 is 21.2. The molecule has 0 unspecified atom stereocenters. The lowest BCUT2D eigenvalue weighted by atomic mass is 10.0. The molecule has 2 aromatic rings. The van der Waals surface area contributed by atoms with Crippen molar-refractivity contribution >= 4 is 11.7 Å². The molecule has 1 aromatic carbocycles. The van der Waals surface area contributed by atoms with Crippen LogP contribution >= 0.6 is 0 Å². The normalized spacial score (nSPS) is 11.3. The second-order valence-corrected chi connectivity index (χ2v) is 5.52. The molecule has 7 heteroatoms. The molecule has 0 fully saturated rings. The highest BCUT2D eigenvalue weighted by Gasteiger charge is 2.23. The van der Waals surface area contributed by atoms with Gasteiger partial charge in [0.2, 0.25) is 5.75 Å². The Morgan fingerprint density at radius 2 is 1.70 bits per heavy atom. The first kappa shape index (κ1) is 20.1. The Kier molecular flexibility index (Phi) is 7.05. The van der Waals surface area contributed by atoms with E-state index in [1.807, 2.05) is 0 Å². The molecule has 144 valence electrons. The fourth-order valence-electron chi connectivity index (χ4n) is 2.60. The van der Waals surface area contributed by atoms with Gasteiger partial charge in [-0.15, -0.1) is 0 Å². The molecule has 0 aliphatic rings. The third kappa shape index (κ3) is 4.69. The van der Waals surface area contributed by atoms with Crippen molar-refractivity contribution in [3.05, 3.63) is 54.4 Å². The van der Waals surface area contributed by atoms with Gasteiger partial charge in [-0.1, -0.05) is 6.58 Å². The molecule has 7 nitrogen and oxygen atoms in total. The highest BCUT2D eigenvalue weighted by Crippen LogP contribution is 2.41. The summed E-state index contributed by atoms with van der Waals surface area (Å²) in [6, 6.07) is 6.61. The van der Waals surface area contributed by atoms with Gasteiger partial charge >= 0.3 is 5.97 Å². The zero-order valence-electron chi connectivity index (χ0n) is 15.9. The van der Waals surface area contributed by atoms with Crippen molar-refractivity contribution in [2.45, 2.75) is 13.0 Å². The van der Waals surface area contributed by atoms with Crippen molar-refractivity contribution in [1.29, 1.82) is 0 Å². The third-order valence-electron chi connectivity index (χ3n) is 3.90. The Morgan fingerprint density at radius 3 is 2.19 bits per heavy atom. The van der Waals surface area contributed by atoms with Gasteiger partial charge in [-0.2, -0.15) is 0 Å². The van der Waals surface area contributed by atoms with E-state index in [9.17, 15) is 4.79 Å². The molecule has 0 saturated carbocycles. The lowest BCUT2D eigenvalue weighted by Crippen LogP contribution is -2.20. The summed E-state index contributed by atoms with van der Waals surface area (Å²) in [6.45, 7) is 5.94. The third-order valence-corrected chi connectivity index (χ3v) is 3.90. The lowest BCUT2D eigenvalue weighted by molar-refractivity contribution is -0.138. The van der Waals surface area contributed by atoms with E-state index in [4.69, 9.17) is 18.9 Å². The van der Waals surface area contributed by atoms with Crippen molar-refractivity contribution in [2.24, 2.45) is 0 Å². The average Bonchev–Trinajstić information content (AvgIpc) is 2.71. The van der Waals surface area contributed by atoms with Gasteiger partial charge in [0.05, 0.1) is 39.6 Å². The number of ether oxygens (including phenoxy) is 4. The number of carbonyl (C=O) groups is 1. The Morgan fingerprint density at radius 1 is 1.11 bits per heavy atom. The van der Waals surface area contributed by atoms with Crippen LogP contribution in [0.2, 0.25) is 0 Å². The first-order valence-electron chi connectivity index (χ1n) is 8.38. The number of hydrogen-bond donors (Lipinski definition) is 1. The molecule has 0 radical (unpaired) electrons. The number of aromatic nitrogens is 1. The van der Waals surface area contributed by atoms with Crippen LogP contribution in [0.3, 0.4) is 0 Å². The highest BCUT2D eigenvalue weighted by molar-refractivity contribution is 5.90. The maximum atomic E-state index is 12.2. The van der Waals surface area contributed by atoms with Crippen LogP contribution in [0.25, 0.3) is 0 Å². The summed E-state index contributed by atoms with van der Waals surface area (Å²) in [7, 11) is 4.62. The van der Waals surface area contributed by atoms with Crippen LogP contribution in [0.5, 0.6) is 17.2 Å². The zero-order valence-corrected chi connectivity index (χ0v) is 15.9. The first-order valence-corrected chi connectivity index (χ1v) is 8.38. The van der Waals surface area contributed by atoms with Crippen molar-refractivity contribution in [1.82, 2.24) is 4.98 Å². The quantitative estimate of drug-likeness (QED) is 0.534. The van der Waals surface area contributed by atoms with Gasteiger partial charge in [0.15, 0.2) is 11.5 Å². The van der Waals surface area contributed by atoms with Crippen LogP contribution in [-0.2, 0) is 9.53 Å². The maximum absolute atomic E-state index is 12.2. The number of nitrogens with one attached hydrogen (secondary N) is 1. The molecule has 0 aliphatic carbocycles. The van der Waals surface area contributed by atoms with Crippen molar-refractivity contribution in [3.63, 3.8) is 0 Å². The molecule has 0 saturated heterocycles. The minimum Gasteiger partial charge on any atom is -0.493 e. The number of pyridine rings is 1. The van der Waals surface area contributed by atoms with Gasteiger partial charge in [-0.25, -0.2) is 4.79 Å². The number of carbonyl (C=O) groups excluding carboxylic acids is 1. The fourth-order valence-corrected chi connectivity index (χ4v) is 2.60. The van der Waals surface area contributed by atoms with Crippen LogP contribution in [0.4, 0.5) is 5.69 Å². The molecule has 0 amide bonds.